The lowest BCUT2D eigenvalue weighted by atomic mass is 9.98. The number of nitrogens with two attached hydrogens (primary N) is 1. The molecule has 1 fully saturated rings. The van der Waals surface area contributed by atoms with Gasteiger partial charge in [-0.25, -0.2) is 0 Å². The molecule has 1 rings (SSSR count). The summed E-state index contributed by atoms with van der Waals surface area (Å²) in [5.74, 6) is -0.0251. The lowest BCUT2D eigenvalue weighted by molar-refractivity contribution is -0.216. The quantitative estimate of drug-likeness (QED) is 0.785. The highest BCUT2D eigenvalue weighted by molar-refractivity contribution is 5.13. The Morgan fingerprint density at radius 3 is 2.40 bits per heavy atom. The highest BCUT2D eigenvalue weighted by Gasteiger charge is 2.45. The van der Waals surface area contributed by atoms with Crippen LogP contribution in [0.4, 0.5) is 13.2 Å². The van der Waals surface area contributed by atoms with E-state index in [1.165, 1.54) is 0 Å². The first-order valence-corrected chi connectivity index (χ1v) is 4.68. The van der Waals surface area contributed by atoms with E-state index in [4.69, 9.17) is 11.0 Å². The van der Waals surface area contributed by atoms with E-state index < -0.39 is 17.8 Å². The van der Waals surface area contributed by atoms with Crippen LogP contribution in [-0.2, 0) is 4.74 Å². The predicted octanol–water partition coefficient (Wildman–Crippen LogP) is 1.58. The van der Waals surface area contributed by atoms with Crippen molar-refractivity contribution >= 4 is 0 Å². The lowest BCUT2D eigenvalue weighted by Gasteiger charge is -2.24. The number of nitrogens with zero attached hydrogens (tertiary/aromatic N) is 1. The van der Waals surface area contributed by atoms with Crippen molar-refractivity contribution in [3.63, 3.8) is 0 Å². The van der Waals surface area contributed by atoms with Crippen molar-refractivity contribution in [1.82, 2.24) is 0 Å². The molecule has 0 aromatic heterocycles. The van der Waals surface area contributed by atoms with Crippen molar-refractivity contribution < 1.29 is 17.9 Å². The molecule has 0 aliphatic heterocycles. The average molecular weight is 222 g/mol. The van der Waals surface area contributed by atoms with Crippen molar-refractivity contribution in [3.05, 3.63) is 0 Å². The van der Waals surface area contributed by atoms with Gasteiger partial charge in [-0.05, 0) is 25.7 Å². The van der Waals surface area contributed by atoms with Crippen LogP contribution in [0.3, 0.4) is 0 Å². The Kier molecular flexibility index (Phi) is 3.26. The molecule has 1 aliphatic carbocycles. The molecule has 1 saturated carbocycles. The minimum absolute atomic E-state index is 0.0251. The van der Waals surface area contributed by atoms with Gasteiger partial charge in [-0.1, -0.05) is 0 Å². The zero-order valence-corrected chi connectivity index (χ0v) is 8.34. The number of alkyl halides is 3. The second-order valence-corrected chi connectivity index (χ2v) is 3.92. The number of ether oxygens (including phenoxy) is 1. The largest absolute Gasteiger partial charge is 0.414 e. The van der Waals surface area contributed by atoms with Gasteiger partial charge in [-0.3, -0.25) is 0 Å². The van der Waals surface area contributed by atoms with Gasteiger partial charge in [0.1, 0.15) is 5.54 Å². The molecule has 2 N–H and O–H groups in total. The van der Waals surface area contributed by atoms with Crippen molar-refractivity contribution in [2.45, 2.75) is 37.6 Å². The maximum Gasteiger partial charge on any atom is 0.414 e. The summed E-state index contributed by atoms with van der Waals surface area (Å²) >= 11 is 0. The SMILES string of the molecule is CC(OCC(N)(C#N)C1CC1)C(F)(F)F. The molecule has 0 bridgehead atoms. The summed E-state index contributed by atoms with van der Waals surface area (Å²) < 4.78 is 40.9. The molecule has 6 heteroatoms. The second-order valence-electron chi connectivity index (χ2n) is 3.92. The maximum absolute atomic E-state index is 12.1. The third kappa shape index (κ3) is 3.08. The summed E-state index contributed by atoms with van der Waals surface area (Å²) in [6, 6.07) is 1.83. The molecular formula is C9H13F3N2O. The fourth-order valence-electron chi connectivity index (χ4n) is 1.20. The summed E-state index contributed by atoms with van der Waals surface area (Å²) in [5.41, 5.74) is 4.38. The van der Waals surface area contributed by atoms with Crippen molar-refractivity contribution in [2.75, 3.05) is 6.61 Å². The molecule has 1 aliphatic rings. The molecule has 2 unspecified atom stereocenters. The third-order valence-corrected chi connectivity index (χ3v) is 2.55. The topological polar surface area (TPSA) is 59.0 Å². The van der Waals surface area contributed by atoms with Gasteiger partial charge >= 0.3 is 6.18 Å². The maximum atomic E-state index is 12.1. The fourth-order valence-corrected chi connectivity index (χ4v) is 1.20. The number of rotatable bonds is 4. The van der Waals surface area contributed by atoms with E-state index in [2.05, 4.69) is 4.74 Å². The van der Waals surface area contributed by atoms with Crippen LogP contribution in [0.25, 0.3) is 0 Å². The van der Waals surface area contributed by atoms with Crippen molar-refractivity contribution in [3.8, 4) is 6.07 Å². The summed E-state index contributed by atoms with van der Waals surface area (Å²) in [7, 11) is 0. The Bertz CT molecular complexity index is 270. The van der Waals surface area contributed by atoms with Gasteiger partial charge in [0, 0.05) is 0 Å². The monoisotopic (exact) mass is 222 g/mol. The molecular weight excluding hydrogens is 209 g/mol. The second kappa shape index (κ2) is 3.99. The van der Waals surface area contributed by atoms with E-state index in [-0.39, 0.29) is 12.5 Å². The van der Waals surface area contributed by atoms with Crippen molar-refractivity contribution in [1.29, 1.82) is 5.26 Å². The third-order valence-electron chi connectivity index (χ3n) is 2.55. The van der Waals surface area contributed by atoms with E-state index in [1.807, 2.05) is 6.07 Å². The van der Waals surface area contributed by atoms with Gasteiger partial charge in [-0.2, -0.15) is 18.4 Å². The lowest BCUT2D eigenvalue weighted by Crippen LogP contribution is -2.47. The van der Waals surface area contributed by atoms with E-state index in [9.17, 15) is 13.2 Å². The molecule has 0 radical (unpaired) electrons. The van der Waals surface area contributed by atoms with Crippen LogP contribution in [-0.4, -0.2) is 24.4 Å². The standard InChI is InChI=1S/C9H13F3N2O/c1-6(9(10,11)12)15-5-8(14,4-13)7-2-3-7/h6-7H,2-3,5,14H2,1H3. The smallest absolute Gasteiger partial charge is 0.366 e. The van der Waals surface area contributed by atoms with E-state index in [0.29, 0.717) is 0 Å². The van der Waals surface area contributed by atoms with Crippen molar-refractivity contribution in [2.24, 2.45) is 11.7 Å². The Hall–Kier alpha value is -0.800. The Morgan fingerprint density at radius 2 is 2.07 bits per heavy atom. The van der Waals surface area contributed by atoms with Crippen LogP contribution < -0.4 is 5.73 Å². The normalized spacial score (nSPS) is 22.9. The first kappa shape index (κ1) is 12.3. The molecule has 0 spiro atoms. The number of hydrogen-bond donors (Lipinski definition) is 1. The molecule has 0 aromatic rings. The van der Waals surface area contributed by atoms with Crippen LogP contribution in [0, 0.1) is 17.2 Å². The van der Waals surface area contributed by atoms with Crippen LogP contribution in [0.15, 0.2) is 0 Å². The summed E-state index contributed by atoms with van der Waals surface area (Å²) in [6.07, 6.45) is -4.71. The number of halogens is 3. The Balaban J connectivity index is 2.45. The summed E-state index contributed by atoms with van der Waals surface area (Å²) in [4.78, 5) is 0. The van der Waals surface area contributed by atoms with Crippen LogP contribution >= 0.6 is 0 Å². The predicted molar refractivity (Wildman–Crippen MR) is 46.7 cm³/mol. The molecule has 2 atom stereocenters. The fraction of sp³-hybridized carbons (Fsp3) is 0.889. The van der Waals surface area contributed by atoms with Gasteiger partial charge in [0.15, 0.2) is 6.10 Å². The zero-order chi connectivity index (χ0) is 11.7. The molecule has 0 aromatic carbocycles. The molecule has 86 valence electrons. The van der Waals surface area contributed by atoms with Gasteiger partial charge < -0.3 is 10.5 Å². The van der Waals surface area contributed by atoms with Crippen LogP contribution in [0.2, 0.25) is 0 Å². The van der Waals surface area contributed by atoms with Gasteiger partial charge in [-0.15, -0.1) is 0 Å². The molecule has 0 heterocycles. The Labute approximate surface area is 86.0 Å². The highest BCUT2D eigenvalue weighted by atomic mass is 19.4. The molecule has 0 saturated heterocycles. The Morgan fingerprint density at radius 1 is 1.53 bits per heavy atom. The number of hydrogen-bond acceptors (Lipinski definition) is 3. The molecule has 0 amide bonds. The minimum atomic E-state index is -4.40. The average Bonchev–Trinajstić information content (AvgIpc) is 2.95. The molecule has 15 heavy (non-hydrogen) atoms. The van der Waals surface area contributed by atoms with Crippen LogP contribution in [0.5, 0.6) is 0 Å². The van der Waals surface area contributed by atoms with Gasteiger partial charge in [0.2, 0.25) is 0 Å². The number of nitriles is 1. The first-order chi connectivity index (χ1) is 6.79. The summed E-state index contributed by atoms with van der Waals surface area (Å²) in [6.45, 7) is 0.541. The highest BCUT2D eigenvalue weighted by Crippen LogP contribution is 2.38. The van der Waals surface area contributed by atoms with Gasteiger partial charge in [0.25, 0.3) is 0 Å². The zero-order valence-electron chi connectivity index (χ0n) is 8.34. The minimum Gasteiger partial charge on any atom is -0.366 e. The molecule has 3 nitrogen and oxygen atoms in total. The van der Waals surface area contributed by atoms with E-state index in [0.717, 1.165) is 19.8 Å². The van der Waals surface area contributed by atoms with E-state index in [1.54, 1.807) is 0 Å². The first-order valence-electron chi connectivity index (χ1n) is 4.68. The van der Waals surface area contributed by atoms with Crippen LogP contribution in [0.1, 0.15) is 19.8 Å². The van der Waals surface area contributed by atoms with E-state index >= 15 is 0 Å². The van der Waals surface area contributed by atoms with Gasteiger partial charge in [0.05, 0.1) is 12.7 Å². The summed E-state index contributed by atoms with van der Waals surface area (Å²) in [5, 5.41) is 8.78.